The zero-order valence-corrected chi connectivity index (χ0v) is 7.69. The molecule has 0 spiro atoms. The lowest BCUT2D eigenvalue weighted by atomic mass is 10.0. The normalized spacial score (nSPS) is 43.2. The average Bonchev–Trinajstić information content (AvgIpc) is 2.34. The van der Waals surface area contributed by atoms with Gasteiger partial charge in [-0.15, -0.1) is 0 Å². The fourth-order valence-corrected chi connectivity index (χ4v) is 2.31. The number of fused-ring (bicyclic) bond motifs is 2. The highest BCUT2D eigenvalue weighted by Crippen LogP contribution is 2.29. The van der Waals surface area contributed by atoms with E-state index in [2.05, 4.69) is 5.32 Å². The molecule has 0 aromatic rings. The molecule has 74 valence electrons. The highest BCUT2D eigenvalue weighted by atomic mass is 16.5. The number of aliphatic hydroxyl groups is 1. The van der Waals surface area contributed by atoms with Gasteiger partial charge in [0.15, 0.2) is 0 Å². The fourth-order valence-electron chi connectivity index (χ4n) is 2.31. The minimum Gasteiger partial charge on any atom is -0.461 e. The van der Waals surface area contributed by atoms with E-state index in [4.69, 9.17) is 4.74 Å². The van der Waals surface area contributed by atoms with Crippen molar-refractivity contribution in [2.75, 3.05) is 0 Å². The van der Waals surface area contributed by atoms with Crippen molar-refractivity contribution in [1.82, 2.24) is 5.32 Å². The number of aliphatic hydroxyl groups excluding tert-OH is 1. The summed E-state index contributed by atoms with van der Waals surface area (Å²) in [6.45, 7) is 1.43. The first kappa shape index (κ1) is 8.97. The van der Waals surface area contributed by atoms with E-state index in [0.717, 1.165) is 12.8 Å². The summed E-state index contributed by atoms with van der Waals surface area (Å²) < 4.78 is 5.16. The topological polar surface area (TPSA) is 58.6 Å². The van der Waals surface area contributed by atoms with Gasteiger partial charge in [0, 0.05) is 19.0 Å². The molecule has 2 N–H and O–H groups in total. The predicted molar refractivity (Wildman–Crippen MR) is 46.1 cm³/mol. The summed E-state index contributed by atoms with van der Waals surface area (Å²) in [5, 5.41) is 12.8. The molecule has 0 aliphatic carbocycles. The first-order valence-corrected chi connectivity index (χ1v) is 4.78. The second-order valence-electron chi connectivity index (χ2n) is 3.91. The molecule has 4 nitrogen and oxygen atoms in total. The quantitative estimate of drug-likeness (QED) is 0.556. The van der Waals surface area contributed by atoms with Crippen LogP contribution >= 0.6 is 0 Å². The first-order chi connectivity index (χ1) is 6.16. The van der Waals surface area contributed by atoms with Crippen molar-refractivity contribution >= 4 is 5.97 Å². The van der Waals surface area contributed by atoms with Crippen molar-refractivity contribution in [3.8, 4) is 0 Å². The second kappa shape index (κ2) is 3.27. The summed E-state index contributed by atoms with van der Waals surface area (Å²) in [4.78, 5) is 10.8. The highest BCUT2D eigenvalue weighted by molar-refractivity contribution is 5.66. The molecule has 13 heavy (non-hydrogen) atoms. The monoisotopic (exact) mass is 185 g/mol. The van der Waals surface area contributed by atoms with Gasteiger partial charge in [-0.25, -0.2) is 0 Å². The zero-order valence-electron chi connectivity index (χ0n) is 7.69. The Bertz CT molecular complexity index is 217. The number of hydrogen-bond donors (Lipinski definition) is 2. The number of carbonyl (C=O) groups excluding carboxylic acids is 1. The van der Waals surface area contributed by atoms with Crippen molar-refractivity contribution in [2.45, 2.75) is 50.5 Å². The smallest absolute Gasteiger partial charge is 0.302 e. The van der Waals surface area contributed by atoms with E-state index >= 15 is 0 Å². The fraction of sp³-hybridized carbons (Fsp3) is 0.889. The lowest BCUT2D eigenvalue weighted by Gasteiger charge is -2.29. The molecule has 2 bridgehead atoms. The molecule has 4 heteroatoms. The molecule has 2 rings (SSSR count). The molecule has 2 saturated heterocycles. The Kier molecular flexibility index (Phi) is 2.26. The van der Waals surface area contributed by atoms with E-state index in [9.17, 15) is 9.90 Å². The lowest BCUT2D eigenvalue weighted by Crippen LogP contribution is -2.46. The molecular weight excluding hydrogens is 170 g/mol. The summed E-state index contributed by atoms with van der Waals surface area (Å²) >= 11 is 0. The van der Waals surface area contributed by atoms with Crippen molar-refractivity contribution in [3.05, 3.63) is 0 Å². The van der Waals surface area contributed by atoms with Crippen LogP contribution in [0.1, 0.15) is 26.2 Å². The Labute approximate surface area is 77.3 Å². The standard InChI is InChI=1S/C9H15NO3/c1-5(11)13-9-3-2-6-8(12)4-7(9)10-6/h6-10,12H,2-4H2,1H3/t6-,7-,8-,9-/m1/s1. The SMILES string of the molecule is CC(=O)O[C@@H]1CC[C@H]2N[C@@H]1C[C@H]2O. The molecule has 0 amide bonds. The highest BCUT2D eigenvalue weighted by Gasteiger charge is 2.42. The molecule has 4 atom stereocenters. The van der Waals surface area contributed by atoms with Crippen LogP contribution in [0, 0.1) is 0 Å². The van der Waals surface area contributed by atoms with Crippen LogP contribution in [0.3, 0.4) is 0 Å². The van der Waals surface area contributed by atoms with Gasteiger partial charge in [0.2, 0.25) is 0 Å². The van der Waals surface area contributed by atoms with E-state index in [1.54, 1.807) is 0 Å². The molecule has 2 aliphatic rings. The van der Waals surface area contributed by atoms with Gasteiger partial charge in [-0.3, -0.25) is 4.79 Å². The maximum absolute atomic E-state index is 10.8. The van der Waals surface area contributed by atoms with Crippen molar-refractivity contribution in [3.63, 3.8) is 0 Å². The van der Waals surface area contributed by atoms with Crippen LogP contribution in [0.5, 0.6) is 0 Å². The molecule has 0 aromatic carbocycles. The maximum Gasteiger partial charge on any atom is 0.302 e. The van der Waals surface area contributed by atoms with Crippen LogP contribution in [0.2, 0.25) is 0 Å². The van der Waals surface area contributed by atoms with E-state index in [0.29, 0.717) is 6.42 Å². The van der Waals surface area contributed by atoms with Crippen molar-refractivity contribution in [2.24, 2.45) is 0 Å². The predicted octanol–water partition coefficient (Wildman–Crippen LogP) is -0.197. The first-order valence-electron chi connectivity index (χ1n) is 4.78. The number of rotatable bonds is 1. The van der Waals surface area contributed by atoms with Crippen LogP contribution in [0.25, 0.3) is 0 Å². The molecule has 0 aromatic heterocycles. The summed E-state index contributed by atoms with van der Waals surface area (Å²) in [6.07, 6.45) is 2.19. The van der Waals surface area contributed by atoms with Crippen LogP contribution in [-0.4, -0.2) is 35.4 Å². The minimum atomic E-state index is -0.259. The summed E-state index contributed by atoms with van der Waals surface area (Å²) in [5.74, 6) is -0.230. The molecular formula is C9H15NO3. The number of nitrogens with one attached hydrogen (secondary N) is 1. The van der Waals surface area contributed by atoms with E-state index in [1.807, 2.05) is 0 Å². The van der Waals surface area contributed by atoms with Gasteiger partial charge in [0.25, 0.3) is 0 Å². The second-order valence-corrected chi connectivity index (χ2v) is 3.91. The summed E-state index contributed by atoms with van der Waals surface area (Å²) in [5.41, 5.74) is 0. The number of esters is 1. The minimum absolute atomic E-state index is 0.0362. The van der Waals surface area contributed by atoms with Gasteiger partial charge >= 0.3 is 5.97 Å². The lowest BCUT2D eigenvalue weighted by molar-refractivity contribution is -0.148. The average molecular weight is 185 g/mol. The Balaban J connectivity index is 1.97. The molecule has 2 fully saturated rings. The Morgan fingerprint density at radius 3 is 2.92 bits per heavy atom. The Morgan fingerprint density at radius 2 is 2.23 bits per heavy atom. The van der Waals surface area contributed by atoms with Gasteiger partial charge in [-0.2, -0.15) is 0 Å². The van der Waals surface area contributed by atoms with E-state index < -0.39 is 0 Å². The van der Waals surface area contributed by atoms with Gasteiger partial charge in [-0.1, -0.05) is 0 Å². The van der Waals surface area contributed by atoms with Crippen LogP contribution in [0.4, 0.5) is 0 Å². The van der Waals surface area contributed by atoms with Crippen LogP contribution in [-0.2, 0) is 9.53 Å². The summed E-state index contributed by atoms with van der Waals surface area (Å²) in [6, 6.07) is 0.384. The largest absolute Gasteiger partial charge is 0.461 e. The Morgan fingerprint density at radius 1 is 1.46 bits per heavy atom. The Hall–Kier alpha value is -0.610. The molecule has 2 heterocycles. The van der Waals surface area contributed by atoms with Crippen molar-refractivity contribution in [1.29, 1.82) is 0 Å². The molecule has 2 aliphatic heterocycles. The van der Waals surface area contributed by atoms with Gasteiger partial charge in [-0.05, 0) is 19.3 Å². The van der Waals surface area contributed by atoms with Gasteiger partial charge in [0.05, 0.1) is 6.10 Å². The van der Waals surface area contributed by atoms with Crippen LogP contribution < -0.4 is 5.32 Å². The third-order valence-corrected chi connectivity index (χ3v) is 2.92. The number of ether oxygens (including phenoxy) is 1. The molecule has 0 radical (unpaired) electrons. The molecule has 0 saturated carbocycles. The van der Waals surface area contributed by atoms with Gasteiger partial charge < -0.3 is 15.2 Å². The number of carbonyl (C=O) groups is 1. The number of hydrogen-bond acceptors (Lipinski definition) is 4. The zero-order chi connectivity index (χ0) is 9.42. The van der Waals surface area contributed by atoms with E-state index in [-0.39, 0.29) is 30.3 Å². The van der Waals surface area contributed by atoms with E-state index in [1.165, 1.54) is 6.92 Å². The number of piperidine rings is 1. The van der Waals surface area contributed by atoms with Gasteiger partial charge in [0.1, 0.15) is 6.10 Å². The third kappa shape index (κ3) is 1.69. The third-order valence-electron chi connectivity index (χ3n) is 2.92. The van der Waals surface area contributed by atoms with Crippen LogP contribution in [0.15, 0.2) is 0 Å². The summed E-state index contributed by atoms with van der Waals surface area (Å²) in [7, 11) is 0. The maximum atomic E-state index is 10.8. The molecule has 0 unspecified atom stereocenters. The van der Waals surface area contributed by atoms with Crippen molar-refractivity contribution < 1.29 is 14.6 Å².